The number of nitrogens with two attached hydrogens (primary N) is 1. The summed E-state index contributed by atoms with van der Waals surface area (Å²) in [5.41, 5.74) is 7.22. The van der Waals surface area contributed by atoms with Crippen molar-refractivity contribution in [1.82, 2.24) is 20.2 Å². The van der Waals surface area contributed by atoms with Gasteiger partial charge in [0.15, 0.2) is 5.82 Å². The Morgan fingerprint density at radius 1 is 1.33 bits per heavy atom. The van der Waals surface area contributed by atoms with E-state index in [1.807, 2.05) is 12.1 Å². The van der Waals surface area contributed by atoms with Crippen molar-refractivity contribution in [3.63, 3.8) is 0 Å². The van der Waals surface area contributed by atoms with Gasteiger partial charge in [-0.15, -0.1) is 5.10 Å². The van der Waals surface area contributed by atoms with Crippen LogP contribution in [0.3, 0.4) is 0 Å². The van der Waals surface area contributed by atoms with Gasteiger partial charge in [-0.2, -0.15) is 0 Å². The second kappa shape index (κ2) is 5.35. The lowest BCUT2D eigenvalue weighted by molar-refractivity contribution is 0.481. The summed E-state index contributed by atoms with van der Waals surface area (Å²) in [4.78, 5) is 0. The van der Waals surface area contributed by atoms with Crippen LogP contribution in [0.2, 0.25) is 5.02 Å². The van der Waals surface area contributed by atoms with Gasteiger partial charge in [-0.25, -0.2) is 4.68 Å². The van der Waals surface area contributed by atoms with E-state index in [0.717, 1.165) is 18.5 Å². The number of nitrogen functional groups attached to an aromatic ring is 1. The smallest absolute Gasteiger partial charge is 0.182 e. The maximum atomic E-state index is 5.99. The standard InChI is InChI=1S/C12H16ClN5/c1-8(2)3-4-18-12(15-16-17-18)9-5-10(13)7-11(14)6-9/h5-8H,3-4,14H2,1-2H3. The van der Waals surface area contributed by atoms with E-state index in [4.69, 9.17) is 17.3 Å². The average molecular weight is 266 g/mol. The SMILES string of the molecule is CC(C)CCn1nnnc1-c1cc(N)cc(Cl)c1. The third-order valence-electron chi connectivity index (χ3n) is 2.63. The van der Waals surface area contributed by atoms with Crippen LogP contribution in [0.5, 0.6) is 0 Å². The van der Waals surface area contributed by atoms with Crippen molar-refractivity contribution in [2.45, 2.75) is 26.8 Å². The van der Waals surface area contributed by atoms with Crippen LogP contribution < -0.4 is 5.73 Å². The number of nitrogens with zero attached hydrogens (tertiary/aromatic N) is 4. The zero-order valence-corrected chi connectivity index (χ0v) is 11.2. The van der Waals surface area contributed by atoms with E-state index in [-0.39, 0.29) is 0 Å². The molecule has 2 aromatic rings. The maximum absolute atomic E-state index is 5.99. The number of hydrogen-bond donors (Lipinski definition) is 1. The number of tetrazole rings is 1. The summed E-state index contributed by atoms with van der Waals surface area (Å²) in [6, 6.07) is 5.34. The van der Waals surface area contributed by atoms with E-state index >= 15 is 0 Å². The summed E-state index contributed by atoms with van der Waals surface area (Å²) in [5, 5.41) is 12.3. The molecule has 1 heterocycles. The number of benzene rings is 1. The quantitative estimate of drug-likeness (QED) is 0.863. The van der Waals surface area contributed by atoms with E-state index < -0.39 is 0 Å². The Balaban J connectivity index is 2.30. The minimum atomic E-state index is 0.586. The first kappa shape index (κ1) is 12.8. The van der Waals surface area contributed by atoms with Gasteiger partial charge in [-0.05, 0) is 41.0 Å². The highest BCUT2D eigenvalue weighted by Crippen LogP contribution is 2.24. The van der Waals surface area contributed by atoms with Crippen molar-refractivity contribution >= 4 is 17.3 Å². The normalized spacial score (nSPS) is 11.1. The molecule has 1 aromatic heterocycles. The number of halogens is 1. The minimum Gasteiger partial charge on any atom is -0.399 e. The van der Waals surface area contributed by atoms with Crippen LogP contribution in [0.15, 0.2) is 18.2 Å². The number of aryl methyl sites for hydroxylation is 1. The summed E-state index contributed by atoms with van der Waals surface area (Å²) in [6.45, 7) is 5.12. The molecule has 0 aliphatic rings. The maximum Gasteiger partial charge on any atom is 0.182 e. The van der Waals surface area contributed by atoms with Crippen molar-refractivity contribution in [2.24, 2.45) is 5.92 Å². The Bertz CT molecular complexity index is 515. The van der Waals surface area contributed by atoms with Crippen molar-refractivity contribution in [3.05, 3.63) is 23.2 Å². The number of anilines is 1. The molecular weight excluding hydrogens is 250 g/mol. The predicted molar refractivity (Wildman–Crippen MR) is 72.1 cm³/mol. The van der Waals surface area contributed by atoms with Gasteiger partial charge >= 0.3 is 0 Å². The number of hydrogen-bond acceptors (Lipinski definition) is 4. The number of rotatable bonds is 4. The lowest BCUT2D eigenvalue weighted by Crippen LogP contribution is -2.05. The van der Waals surface area contributed by atoms with Crippen LogP contribution in [0.25, 0.3) is 11.4 Å². The predicted octanol–water partition coefficient (Wildman–Crippen LogP) is 2.62. The van der Waals surface area contributed by atoms with Gasteiger partial charge < -0.3 is 5.73 Å². The third kappa shape index (κ3) is 2.98. The molecule has 0 amide bonds. The fourth-order valence-corrected chi connectivity index (χ4v) is 1.93. The van der Waals surface area contributed by atoms with Crippen molar-refractivity contribution < 1.29 is 0 Å². The highest BCUT2D eigenvalue weighted by molar-refractivity contribution is 6.31. The van der Waals surface area contributed by atoms with Crippen LogP contribution in [-0.4, -0.2) is 20.2 Å². The van der Waals surface area contributed by atoms with E-state index in [9.17, 15) is 0 Å². The van der Waals surface area contributed by atoms with Gasteiger partial charge in [0.2, 0.25) is 0 Å². The van der Waals surface area contributed by atoms with E-state index in [1.165, 1.54) is 0 Å². The zero-order valence-electron chi connectivity index (χ0n) is 10.5. The molecule has 5 nitrogen and oxygen atoms in total. The highest BCUT2D eigenvalue weighted by atomic mass is 35.5. The third-order valence-corrected chi connectivity index (χ3v) is 2.85. The monoisotopic (exact) mass is 265 g/mol. The molecule has 0 aliphatic carbocycles. The second-order valence-corrected chi connectivity index (χ2v) is 5.12. The molecule has 0 unspecified atom stereocenters. The summed E-state index contributed by atoms with van der Waals surface area (Å²) in [6.07, 6.45) is 1.02. The van der Waals surface area contributed by atoms with Gasteiger partial charge in [-0.1, -0.05) is 25.4 Å². The van der Waals surface area contributed by atoms with Crippen LogP contribution in [0.1, 0.15) is 20.3 Å². The van der Waals surface area contributed by atoms with Gasteiger partial charge in [0.1, 0.15) is 0 Å². The second-order valence-electron chi connectivity index (χ2n) is 4.68. The van der Waals surface area contributed by atoms with Gasteiger partial charge in [0.05, 0.1) is 0 Å². The molecule has 0 spiro atoms. The Morgan fingerprint density at radius 3 is 2.78 bits per heavy atom. The first-order valence-electron chi connectivity index (χ1n) is 5.89. The van der Waals surface area contributed by atoms with Crippen molar-refractivity contribution in [2.75, 3.05) is 5.73 Å². The molecule has 0 fully saturated rings. The molecule has 18 heavy (non-hydrogen) atoms. The molecule has 2 rings (SSSR count). The number of aromatic nitrogens is 4. The van der Waals surface area contributed by atoms with Crippen molar-refractivity contribution in [1.29, 1.82) is 0 Å². The molecule has 0 aliphatic heterocycles. The molecule has 0 bridgehead atoms. The molecule has 2 N–H and O–H groups in total. The van der Waals surface area contributed by atoms with Crippen LogP contribution in [-0.2, 0) is 6.54 Å². The van der Waals surface area contributed by atoms with Crippen molar-refractivity contribution in [3.8, 4) is 11.4 Å². The Kier molecular flexibility index (Phi) is 3.81. The molecule has 0 radical (unpaired) electrons. The molecular formula is C12H16ClN5. The topological polar surface area (TPSA) is 69.6 Å². The van der Waals surface area contributed by atoms with E-state index in [0.29, 0.717) is 22.5 Å². The lowest BCUT2D eigenvalue weighted by atomic mass is 10.1. The largest absolute Gasteiger partial charge is 0.399 e. The Morgan fingerprint density at radius 2 is 2.11 bits per heavy atom. The average Bonchev–Trinajstić information content (AvgIpc) is 2.72. The molecule has 1 aromatic carbocycles. The Hall–Kier alpha value is -1.62. The summed E-state index contributed by atoms with van der Waals surface area (Å²) in [7, 11) is 0. The fourth-order valence-electron chi connectivity index (χ4n) is 1.68. The molecule has 6 heteroatoms. The van der Waals surface area contributed by atoms with Gasteiger partial charge in [-0.3, -0.25) is 0 Å². The summed E-state index contributed by atoms with van der Waals surface area (Å²) < 4.78 is 1.78. The van der Waals surface area contributed by atoms with Crippen LogP contribution in [0, 0.1) is 5.92 Å². The zero-order chi connectivity index (χ0) is 13.1. The van der Waals surface area contributed by atoms with E-state index in [1.54, 1.807) is 10.7 Å². The highest BCUT2D eigenvalue weighted by Gasteiger charge is 2.10. The minimum absolute atomic E-state index is 0.586. The van der Waals surface area contributed by atoms with Crippen LogP contribution >= 0.6 is 11.6 Å². The van der Waals surface area contributed by atoms with E-state index in [2.05, 4.69) is 29.4 Å². The summed E-state index contributed by atoms with van der Waals surface area (Å²) in [5.74, 6) is 1.30. The molecule has 0 atom stereocenters. The summed E-state index contributed by atoms with van der Waals surface area (Å²) >= 11 is 5.99. The van der Waals surface area contributed by atoms with Crippen LogP contribution in [0.4, 0.5) is 5.69 Å². The Labute approximate surface area is 111 Å². The van der Waals surface area contributed by atoms with Gasteiger partial charge in [0.25, 0.3) is 0 Å². The first-order chi connectivity index (χ1) is 8.56. The lowest BCUT2D eigenvalue weighted by Gasteiger charge is -2.07. The first-order valence-corrected chi connectivity index (χ1v) is 6.26. The molecule has 0 saturated carbocycles. The molecule has 96 valence electrons. The molecule has 0 saturated heterocycles. The van der Waals surface area contributed by atoms with Gasteiger partial charge in [0, 0.05) is 22.8 Å². The fraction of sp³-hybridized carbons (Fsp3) is 0.417.